The molecule has 0 radical (unpaired) electrons. The molecule has 2 unspecified atom stereocenters. The Labute approximate surface area is 59.6 Å². The zero-order valence-corrected chi connectivity index (χ0v) is 5.78. The second-order valence-corrected chi connectivity index (χ2v) is 2.51. The summed E-state index contributed by atoms with van der Waals surface area (Å²) in [5.74, 6) is 0. The Morgan fingerprint density at radius 3 is 3.40 bits per heavy atom. The van der Waals surface area contributed by atoms with E-state index in [1.54, 1.807) is 6.34 Å². The van der Waals surface area contributed by atoms with E-state index in [0.717, 1.165) is 5.71 Å². The Morgan fingerprint density at radius 2 is 2.50 bits per heavy atom. The lowest BCUT2D eigenvalue weighted by Gasteiger charge is -2.14. The number of hydrogen-bond donors (Lipinski definition) is 1. The molecule has 0 fully saturated rings. The zero-order chi connectivity index (χ0) is 6.97. The van der Waals surface area contributed by atoms with Crippen LogP contribution in [0.25, 0.3) is 0 Å². The van der Waals surface area contributed by atoms with E-state index in [9.17, 15) is 0 Å². The van der Waals surface area contributed by atoms with Crippen molar-refractivity contribution < 1.29 is 0 Å². The molecule has 10 heavy (non-hydrogen) atoms. The lowest BCUT2D eigenvalue weighted by molar-refractivity contribution is 0.613. The molecule has 0 spiro atoms. The highest BCUT2D eigenvalue weighted by Gasteiger charge is 2.22. The topological polar surface area (TPSA) is 36.8 Å². The van der Waals surface area contributed by atoms with Gasteiger partial charge in [0.15, 0.2) is 0 Å². The van der Waals surface area contributed by atoms with Crippen LogP contribution in [0.2, 0.25) is 0 Å². The van der Waals surface area contributed by atoms with Crippen molar-refractivity contribution in [2.75, 3.05) is 0 Å². The van der Waals surface area contributed by atoms with Crippen LogP contribution in [0.15, 0.2) is 22.1 Å². The molecule has 2 heterocycles. The van der Waals surface area contributed by atoms with Gasteiger partial charge in [0, 0.05) is 5.71 Å². The van der Waals surface area contributed by atoms with Gasteiger partial charge in [-0.25, -0.2) is 0 Å². The van der Waals surface area contributed by atoms with Crippen molar-refractivity contribution in [1.29, 1.82) is 0 Å². The average molecular weight is 135 g/mol. The molecule has 0 amide bonds. The fraction of sp³-hybridized carbons (Fsp3) is 0.429. The van der Waals surface area contributed by atoms with Crippen molar-refractivity contribution in [3.05, 3.63) is 12.2 Å². The number of fused-ring (bicyclic) bond motifs is 1. The van der Waals surface area contributed by atoms with Crippen LogP contribution in [0.4, 0.5) is 0 Å². The third-order valence-corrected chi connectivity index (χ3v) is 1.69. The van der Waals surface area contributed by atoms with Gasteiger partial charge in [-0.3, -0.25) is 9.98 Å². The first-order valence-electron chi connectivity index (χ1n) is 3.36. The van der Waals surface area contributed by atoms with Gasteiger partial charge in [0.05, 0.1) is 6.34 Å². The second-order valence-electron chi connectivity index (χ2n) is 2.51. The molecule has 2 aliphatic heterocycles. The number of hydrogen-bond acceptors (Lipinski definition) is 3. The predicted molar refractivity (Wildman–Crippen MR) is 41.5 cm³/mol. The molecule has 3 heteroatoms. The number of dihydropyridines is 1. The third kappa shape index (κ3) is 0.744. The quantitative estimate of drug-likeness (QED) is 0.511. The molecular weight excluding hydrogens is 126 g/mol. The van der Waals surface area contributed by atoms with E-state index in [4.69, 9.17) is 0 Å². The summed E-state index contributed by atoms with van der Waals surface area (Å²) in [4.78, 5) is 8.50. The molecule has 0 aliphatic carbocycles. The molecular formula is C7H9N3. The van der Waals surface area contributed by atoms with Gasteiger partial charge < -0.3 is 5.32 Å². The first-order valence-corrected chi connectivity index (χ1v) is 3.36. The van der Waals surface area contributed by atoms with E-state index in [2.05, 4.69) is 21.4 Å². The standard InChI is InChI=1S/C7H9N3/c1-5-2-3-6-7(10-5)9-4-8-6/h2-4,6-7H,1H3,(H,8,9). The maximum atomic E-state index is 4.34. The van der Waals surface area contributed by atoms with E-state index in [1.165, 1.54) is 0 Å². The molecule has 52 valence electrons. The summed E-state index contributed by atoms with van der Waals surface area (Å²) in [6.07, 6.45) is 5.97. The SMILES string of the molecule is CC1=NC2NC=NC2C=C1. The summed E-state index contributed by atoms with van der Waals surface area (Å²) in [6, 6.07) is 0.240. The lowest BCUT2D eigenvalue weighted by atomic mass is 10.1. The highest BCUT2D eigenvalue weighted by atomic mass is 15.2. The van der Waals surface area contributed by atoms with Gasteiger partial charge in [-0.05, 0) is 13.0 Å². The Bertz CT molecular complexity index is 227. The summed E-state index contributed by atoms with van der Waals surface area (Å²) >= 11 is 0. The van der Waals surface area contributed by atoms with Gasteiger partial charge in [-0.1, -0.05) is 6.08 Å². The molecule has 0 saturated carbocycles. The van der Waals surface area contributed by atoms with Gasteiger partial charge in [-0.2, -0.15) is 0 Å². The smallest absolute Gasteiger partial charge is 0.145 e. The van der Waals surface area contributed by atoms with E-state index in [-0.39, 0.29) is 12.2 Å². The maximum Gasteiger partial charge on any atom is 0.145 e. The van der Waals surface area contributed by atoms with Gasteiger partial charge in [0.2, 0.25) is 0 Å². The number of nitrogens with zero attached hydrogens (tertiary/aromatic N) is 2. The number of aliphatic imine (C=N–C) groups is 2. The maximum absolute atomic E-state index is 4.34. The van der Waals surface area contributed by atoms with Crippen molar-refractivity contribution in [3.63, 3.8) is 0 Å². The van der Waals surface area contributed by atoms with Crippen LogP contribution in [0, 0.1) is 0 Å². The molecule has 1 N–H and O–H groups in total. The van der Waals surface area contributed by atoms with Gasteiger partial charge in [0.1, 0.15) is 12.2 Å². The van der Waals surface area contributed by atoms with Gasteiger partial charge >= 0.3 is 0 Å². The minimum atomic E-state index is 0.171. The van der Waals surface area contributed by atoms with Crippen molar-refractivity contribution in [2.24, 2.45) is 9.98 Å². The van der Waals surface area contributed by atoms with E-state index < -0.39 is 0 Å². The number of allylic oxidation sites excluding steroid dienone is 1. The zero-order valence-electron chi connectivity index (χ0n) is 5.78. The largest absolute Gasteiger partial charge is 0.353 e. The van der Waals surface area contributed by atoms with Crippen LogP contribution in [0.3, 0.4) is 0 Å². The van der Waals surface area contributed by atoms with E-state index in [1.807, 2.05) is 13.0 Å². The molecule has 2 aliphatic rings. The van der Waals surface area contributed by atoms with Gasteiger partial charge in [0.25, 0.3) is 0 Å². The first-order chi connectivity index (χ1) is 4.86. The lowest BCUT2D eigenvalue weighted by Crippen LogP contribution is -2.31. The van der Waals surface area contributed by atoms with E-state index >= 15 is 0 Å². The monoisotopic (exact) mass is 135 g/mol. The molecule has 3 nitrogen and oxygen atoms in total. The molecule has 0 saturated heterocycles. The average Bonchev–Trinajstić information content (AvgIpc) is 2.33. The van der Waals surface area contributed by atoms with Crippen LogP contribution in [-0.4, -0.2) is 24.3 Å². The van der Waals surface area contributed by atoms with E-state index in [0.29, 0.717) is 0 Å². The minimum Gasteiger partial charge on any atom is -0.353 e. The van der Waals surface area contributed by atoms with Crippen LogP contribution in [0.5, 0.6) is 0 Å². The summed E-state index contributed by atoms with van der Waals surface area (Å²) in [7, 11) is 0. The summed E-state index contributed by atoms with van der Waals surface area (Å²) in [5.41, 5.74) is 1.07. The fourth-order valence-electron chi connectivity index (χ4n) is 1.15. The minimum absolute atomic E-state index is 0.171. The summed E-state index contributed by atoms with van der Waals surface area (Å²) in [6.45, 7) is 1.99. The molecule has 2 atom stereocenters. The Morgan fingerprint density at radius 1 is 1.60 bits per heavy atom. The third-order valence-electron chi connectivity index (χ3n) is 1.69. The van der Waals surface area contributed by atoms with Crippen LogP contribution >= 0.6 is 0 Å². The van der Waals surface area contributed by atoms with Crippen molar-refractivity contribution >= 4 is 12.1 Å². The van der Waals surface area contributed by atoms with Crippen LogP contribution in [-0.2, 0) is 0 Å². The van der Waals surface area contributed by atoms with Crippen LogP contribution < -0.4 is 5.32 Å². The first kappa shape index (κ1) is 5.65. The molecule has 0 bridgehead atoms. The fourth-order valence-corrected chi connectivity index (χ4v) is 1.15. The number of nitrogens with one attached hydrogen (secondary N) is 1. The summed E-state index contributed by atoms with van der Waals surface area (Å²) < 4.78 is 0. The Balaban J connectivity index is 2.25. The Hall–Kier alpha value is -1.12. The molecule has 0 aromatic rings. The normalized spacial score (nSPS) is 35.1. The molecule has 0 aromatic heterocycles. The van der Waals surface area contributed by atoms with Crippen molar-refractivity contribution in [2.45, 2.75) is 19.1 Å². The van der Waals surface area contributed by atoms with Crippen molar-refractivity contribution in [3.8, 4) is 0 Å². The van der Waals surface area contributed by atoms with Gasteiger partial charge in [-0.15, -0.1) is 0 Å². The Kier molecular flexibility index (Phi) is 1.09. The second kappa shape index (κ2) is 1.94. The van der Waals surface area contributed by atoms with Crippen LogP contribution in [0.1, 0.15) is 6.92 Å². The molecule has 0 aromatic carbocycles. The van der Waals surface area contributed by atoms with Crippen molar-refractivity contribution in [1.82, 2.24) is 5.32 Å². The highest BCUT2D eigenvalue weighted by Crippen LogP contribution is 2.11. The molecule has 2 rings (SSSR count). The number of rotatable bonds is 0. The predicted octanol–water partition coefficient (Wildman–Crippen LogP) is 0.343. The summed E-state index contributed by atoms with van der Waals surface area (Å²) in [5, 5.41) is 3.06. The highest BCUT2D eigenvalue weighted by molar-refractivity contribution is 5.94.